The largest absolute Gasteiger partial charge is 0.345 e. The number of nitrogens with zero attached hydrogens (tertiary/aromatic N) is 2. The fraction of sp³-hybridized carbons (Fsp3) is 0.217. The average Bonchev–Trinajstić information content (AvgIpc) is 3.45. The van der Waals surface area contributed by atoms with E-state index in [0.29, 0.717) is 29.9 Å². The summed E-state index contributed by atoms with van der Waals surface area (Å²) in [4.78, 5) is 25.6. The van der Waals surface area contributed by atoms with Gasteiger partial charge in [-0.05, 0) is 31.0 Å². The van der Waals surface area contributed by atoms with Crippen molar-refractivity contribution in [3.63, 3.8) is 0 Å². The lowest BCUT2D eigenvalue weighted by Gasteiger charge is -2.13. The van der Waals surface area contributed by atoms with Crippen LogP contribution in [-0.4, -0.2) is 42.1 Å². The summed E-state index contributed by atoms with van der Waals surface area (Å²) in [6.45, 7) is 1.00. The van der Waals surface area contributed by atoms with Crippen LogP contribution in [0.1, 0.15) is 39.3 Å². The summed E-state index contributed by atoms with van der Waals surface area (Å²) in [6, 6.07) is 17.0. The maximum Gasteiger partial charge on any atom is 0.272 e. The predicted molar refractivity (Wildman–Crippen MR) is 118 cm³/mol. The number of hydrogen-bond donors (Lipinski definition) is 1. The number of ketones is 1. The molecule has 0 radical (unpaired) electrons. The number of amides is 1. The third-order valence-corrected chi connectivity index (χ3v) is 7.20. The molecule has 2 aromatic carbocycles. The van der Waals surface area contributed by atoms with Gasteiger partial charge in [-0.25, -0.2) is 8.42 Å². The number of hydrogen-bond acceptors (Lipinski definition) is 4. The molecule has 1 aliphatic heterocycles. The van der Waals surface area contributed by atoms with Crippen molar-refractivity contribution in [2.24, 2.45) is 7.05 Å². The van der Waals surface area contributed by atoms with Crippen LogP contribution in [0.3, 0.4) is 0 Å². The van der Waals surface area contributed by atoms with Gasteiger partial charge in [-0.2, -0.15) is 4.31 Å². The van der Waals surface area contributed by atoms with E-state index >= 15 is 0 Å². The number of rotatable bonds is 6. The summed E-state index contributed by atoms with van der Waals surface area (Å²) >= 11 is 0. The van der Waals surface area contributed by atoms with E-state index in [4.69, 9.17) is 0 Å². The minimum atomic E-state index is -3.61. The van der Waals surface area contributed by atoms with Crippen LogP contribution in [0.4, 0.5) is 5.69 Å². The molecule has 3 aromatic rings. The van der Waals surface area contributed by atoms with Crippen LogP contribution in [0.5, 0.6) is 0 Å². The molecule has 8 heteroatoms. The predicted octanol–water partition coefficient (Wildman–Crippen LogP) is 3.29. The number of aryl methyl sites for hydroxylation is 1. The Morgan fingerprint density at radius 3 is 2.29 bits per heavy atom. The minimum Gasteiger partial charge on any atom is -0.345 e. The highest BCUT2D eigenvalue weighted by Crippen LogP contribution is 2.23. The minimum absolute atomic E-state index is 0.107. The van der Waals surface area contributed by atoms with Gasteiger partial charge in [0, 0.05) is 43.1 Å². The van der Waals surface area contributed by atoms with Crippen molar-refractivity contribution in [2.45, 2.75) is 17.7 Å². The summed E-state index contributed by atoms with van der Waals surface area (Å²) in [5.41, 5.74) is 1.69. The first-order valence-corrected chi connectivity index (χ1v) is 11.5. The van der Waals surface area contributed by atoms with E-state index in [1.165, 1.54) is 21.1 Å². The highest BCUT2D eigenvalue weighted by Gasteiger charge is 2.29. The van der Waals surface area contributed by atoms with Crippen LogP contribution in [-0.2, 0) is 17.1 Å². The van der Waals surface area contributed by atoms with Crippen molar-refractivity contribution >= 4 is 27.4 Å². The van der Waals surface area contributed by atoms with Crippen molar-refractivity contribution in [2.75, 3.05) is 18.4 Å². The first kappa shape index (κ1) is 21.0. The number of carbonyl (C=O) groups is 2. The molecule has 1 N–H and O–H groups in total. The molecule has 1 amide bonds. The van der Waals surface area contributed by atoms with Crippen LogP contribution in [0.25, 0.3) is 0 Å². The van der Waals surface area contributed by atoms with E-state index in [1.54, 1.807) is 55.6 Å². The van der Waals surface area contributed by atoms with E-state index in [-0.39, 0.29) is 16.4 Å². The fourth-order valence-electron chi connectivity index (χ4n) is 3.67. The molecule has 0 bridgehead atoms. The van der Waals surface area contributed by atoms with Gasteiger partial charge in [0.1, 0.15) is 10.6 Å². The van der Waals surface area contributed by atoms with E-state index in [1.807, 2.05) is 6.07 Å². The van der Waals surface area contributed by atoms with Gasteiger partial charge in [0.15, 0.2) is 5.78 Å². The molecule has 1 saturated heterocycles. The molecule has 1 aromatic heterocycles. The monoisotopic (exact) mass is 437 g/mol. The Morgan fingerprint density at radius 2 is 1.58 bits per heavy atom. The quantitative estimate of drug-likeness (QED) is 0.600. The number of aromatic nitrogens is 1. The third kappa shape index (κ3) is 4.30. The topological polar surface area (TPSA) is 88.5 Å². The Morgan fingerprint density at radius 1 is 0.903 bits per heavy atom. The van der Waals surface area contributed by atoms with Gasteiger partial charge in [0.25, 0.3) is 5.91 Å². The Bertz CT molecular complexity index is 1230. The van der Waals surface area contributed by atoms with Crippen molar-refractivity contribution in [1.82, 2.24) is 8.87 Å². The average molecular weight is 438 g/mol. The Kier molecular flexibility index (Phi) is 5.75. The lowest BCUT2D eigenvalue weighted by atomic mass is 10.0. The summed E-state index contributed by atoms with van der Waals surface area (Å²) in [5.74, 6) is -0.593. The summed E-state index contributed by atoms with van der Waals surface area (Å²) in [6.07, 6.45) is 3.15. The van der Waals surface area contributed by atoms with Gasteiger partial charge < -0.3 is 9.88 Å². The van der Waals surface area contributed by atoms with Gasteiger partial charge in [0.2, 0.25) is 10.0 Å². The van der Waals surface area contributed by atoms with E-state index in [2.05, 4.69) is 5.32 Å². The molecule has 7 nitrogen and oxygen atoms in total. The molecule has 1 aliphatic rings. The molecule has 0 atom stereocenters. The van der Waals surface area contributed by atoms with Gasteiger partial charge in [0.05, 0.1) is 0 Å². The fourth-order valence-corrected chi connectivity index (χ4v) is 5.26. The molecule has 0 unspecified atom stereocenters. The third-order valence-electron chi connectivity index (χ3n) is 5.33. The molecule has 0 saturated carbocycles. The van der Waals surface area contributed by atoms with Crippen molar-refractivity contribution < 1.29 is 18.0 Å². The lowest BCUT2D eigenvalue weighted by molar-refractivity contribution is 0.101. The summed E-state index contributed by atoms with van der Waals surface area (Å²) in [5, 5.41) is 2.76. The summed E-state index contributed by atoms with van der Waals surface area (Å²) in [7, 11) is -1.98. The smallest absolute Gasteiger partial charge is 0.272 e. The number of sulfonamides is 1. The van der Waals surface area contributed by atoms with E-state index in [0.717, 1.165) is 12.8 Å². The Hall–Kier alpha value is -3.23. The number of carbonyl (C=O) groups excluding carboxylic acids is 2. The first-order chi connectivity index (χ1) is 14.9. The number of nitrogens with one attached hydrogen (secondary N) is 1. The van der Waals surface area contributed by atoms with Gasteiger partial charge in [-0.3, -0.25) is 9.59 Å². The Balaban J connectivity index is 1.54. The molecule has 31 heavy (non-hydrogen) atoms. The van der Waals surface area contributed by atoms with Gasteiger partial charge >= 0.3 is 0 Å². The van der Waals surface area contributed by atoms with Crippen molar-refractivity contribution in [3.05, 3.63) is 83.7 Å². The second-order valence-corrected chi connectivity index (χ2v) is 9.45. The van der Waals surface area contributed by atoms with Gasteiger partial charge in [-0.1, -0.05) is 42.5 Å². The molecular formula is C23H23N3O4S. The molecule has 4 rings (SSSR count). The van der Waals surface area contributed by atoms with Crippen LogP contribution in [0, 0.1) is 0 Å². The molecule has 2 heterocycles. The molecule has 0 aliphatic carbocycles. The van der Waals surface area contributed by atoms with E-state index < -0.39 is 15.9 Å². The van der Waals surface area contributed by atoms with Crippen LogP contribution >= 0.6 is 0 Å². The molecule has 160 valence electrons. The maximum absolute atomic E-state index is 12.8. The standard InChI is InChI=1S/C23H23N3O4S/c1-25-16-20(31(29,30)26-12-5-6-13-26)15-21(25)23(28)24-19-11-7-10-18(14-19)22(27)17-8-3-2-4-9-17/h2-4,7-11,14-16H,5-6,12-13H2,1H3,(H,24,28). The van der Waals surface area contributed by atoms with Crippen molar-refractivity contribution in [1.29, 1.82) is 0 Å². The highest BCUT2D eigenvalue weighted by atomic mass is 32.2. The zero-order valence-electron chi connectivity index (χ0n) is 17.1. The van der Waals surface area contributed by atoms with Gasteiger partial charge in [-0.15, -0.1) is 0 Å². The van der Waals surface area contributed by atoms with E-state index in [9.17, 15) is 18.0 Å². The number of anilines is 1. The Labute approximate surface area is 181 Å². The second kappa shape index (κ2) is 8.49. The lowest BCUT2D eigenvalue weighted by Crippen LogP contribution is -2.27. The maximum atomic E-state index is 12.8. The first-order valence-electron chi connectivity index (χ1n) is 10.0. The van der Waals surface area contributed by atoms with Crippen LogP contribution in [0.15, 0.2) is 71.8 Å². The van der Waals surface area contributed by atoms with Crippen LogP contribution < -0.4 is 5.32 Å². The number of benzene rings is 2. The van der Waals surface area contributed by atoms with Crippen LogP contribution in [0.2, 0.25) is 0 Å². The molecular weight excluding hydrogens is 414 g/mol. The second-order valence-electron chi connectivity index (χ2n) is 7.51. The SMILES string of the molecule is Cn1cc(S(=O)(=O)N2CCCC2)cc1C(=O)Nc1cccc(C(=O)c2ccccc2)c1. The normalized spacial score (nSPS) is 14.5. The zero-order valence-corrected chi connectivity index (χ0v) is 17.9. The van der Waals surface area contributed by atoms with Crippen molar-refractivity contribution in [3.8, 4) is 0 Å². The highest BCUT2D eigenvalue weighted by molar-refractivity contribution is 7.89. The molecule has 0 spiro atoms. The molecule has 1 fully saturated rings. The summed E-state index contributed by atoms with van der Waals surface area (Å²) < 4.78 is 28.5. The zero-order chi connectivity index (χ0) is 22.0.